The van der Waals surface area contributed by atoms with Crippen molar-refractivity contribution in [3.8, 4) is 6.07 Å². The lowest BCUT2D eigenvalue weighted by Gasteiger charge is -2.22. The molecule has 0 saturated heterocycles. The van der Waals surface area contributed by atoms with Crippen molar-refractivity contribution in [2.24, 2.45) is 0 Å². The highest BCUT2D eigenvalue weighted by Crippen LogP contribution is 2.40. The molecule has 0 radical (unpaired) electrons. The zero-order valence-electron chi connectivity index (χ0n) is 10.7. The van der Waals surface area contributed by atoms with Gasteiger partial charge in [-0.2, -0.15) is 5.26 Å². The highest BCUT2D eigenvalue weighted by atomic mass is 32.2. The van der Waals surface area contributed by atoms with Gasteiger partial charge in [0.1, 0.15) is 4.21 Å². The molecule has 0 aromatic carbocycles. The van der Waals surface area contributed by atoms with Gasteiger partial charge in [0, 0.05) is 25.4 Å². The van der Waals surface area contributed by atoms with Crippen LogP contribution in [0.1, 0.15) is 13.3 Å². The van der Waals surface area contributed by atoms with Crippen LogP contribution in [0.15, 0.2) is 10.3 Å². The molecule has 7 nitrogen and oxygen atoms in total. The van der Waals surface area contributed by atoms with Crippen LogP contribution >= 0.6 is 11.3 Å². The summed E-state index contributed by atoms with van der Waals surface area (Å²) in [5, 5.41) is 19.9. The Kier molecular flexibility index (Phi) is 4.49. The third-order valence-electron chi connectivity index (χ3n) is 2.60. The Labute approximate surface area is 115 Å². The second-order valence-corrected chi connectivity index (χ2v) is 7.38. The Bertz CT molecular complexity index is 630. The molecule has 0 spiro atoms. The lowest BCUT2D eigenvalue weighted by molar-refractivity contribution is -0.383. The van der Waals surface area contributed by atoms with E-state index >= 15 is 0 Å². The number of nitro groups is 1. The van der Waals surface area contributed by atoms with Gasteiger partial charge in [-0.15, -0.1) is 0 Å². The zero-order valence-corrected chi connectivity index (χ0v) is 12.3. The maximum absolute atomic E-state index is 11.5. The second-order valence-electron chi connectivity index (χ2n) is 4.11. The SMILES string of the molecule is C[C@H](CC#N)N(C)c1sc(S(C)(=O)=O)cc1[N+](=O)[O-]. The largest absolute Gasteiger partial charge is 0.357 e. The molecule has 1 heterocycles. The van der Waals surface area contributed by atoms with E-state index in [0.717, 1.165) is 23.7 Å². The van der Waals surface area contributed by atoms with Crippen molar-refractivity contribution < 1.29 is 13.3 Å². The minimum Gasteiger partial charge on any atom is -0.357 e. The van der Waals surface area contributed by atoms with Gasteiger partial charge >= 0.3 is 5.69 Å². The Balaban J connectivity index is 3.30. The maximum atomic E-state index is 11.5. The number of nitrogens with zero attached hydrogens (tertiary/aromatic N) is 3. The molecule has 0 fully saturated rings. The average molecular weight is 303 g/mol. The lowest BCUT2D eigenvalue weighted by Crippen LogP contribution is -2.28. The summed E-state index contributed by atoms with van der Waals surface area (Å²) in [6, 6.07) is 2.80. The molecule has 1 aromatic heterocycles. The maximum Gasteiger partial charge on any atom is 0.305 e. The van der Waals surface area contributed by atoms with Gasteiger partial charge in [0.15, 0.2) is 14.8 Å². The van der Waals surface area contributed by atoms with Crippen LogP contribution in [-0.2, 0) is 9.84 Å². The van der Waals surface area contributed by atoms with Gasteiger partial charge in [-0.1, -0.05) is 11.3 Å². The predicted molar refractivity (Wildman–Crippen MR) is 72.2 cm³/mol. The van der Waals surface area contributed by atoms with Crippen molar-refractivity contribution in [3.63, 3.8) is 0 Å². The summed E-state index contributed by atoms with van der Waals surface area (Å²) in [6.45, 7) is 1.74. The third kappa shape index (κ3) is 3.42. The smallest absolute Gasteiger partial charge is 0.305 e. The number of sulfone groups is 1. The van der Waals surface area contributed by atoms with Gasteiger partial charge in [-0.05, 0) is 6.92 Å². The fraction of sp³-hybridized carbons (Fsp3) is 0.500. The van der Waals surface area contributed by atoms with Crippen molar-refractivity contribution >= 4 is 31.9 Å². The van der Waals surface area contributed by atoms with Crippen molar-refractivity contribution in [2.75, 3.05) is 18.2 Å². The highest BCUT2D eigenvalue weighted by molar-refractivity contribution is 7.92. The van der Waals surface area contributed by atoms with Crippen LogP contribution in [0.2, 0.25) is 0 Å². The van der Waals surface area contributed by atoms with Gasteiger partial charge in [-0.25, -0.2) is 8.42 Å². The quantitative estimate of drug-likeness (QED) is 0.606. The molecule has 19 heavy (non-hydrogen) atoms. The van der Waals surface area contributed by atoms with Gasteiger partial charge in [-0.3, -0.25) is 10.1 Å². The summed E-state index contributed by atoms with van der Waals surface area (Å²) in [5.74, 6) is 0. The second kappa shape index (κ2) is 5.54. The van der Waals surface area contributed by atoms with Crippen LogP contribution in [-0.4, -0.2) is 32.7 Å². The van der Waals surface area contributed by atoms with E-state index in [1.54, 1.807) is 18.9 Å². The van der Waals surface area contributed by atoms with Crippen LogP contribution in [0.25, 0.3) is 0 Å². The first-order chi connectivity index (χ1) is 8.68. The van der Waals surface area contributed by atoms with Crippen LogP contribution in [0.5, 0.6) is 0 Å². The molecule has 0 amide bonds. The number of anilines is 1. The minimum atomic E-state index is -3.49. The molecule has 0 saturated carbocycles. The summed E-state index contributed by atoms with van der Waals surface area (Å²) < 4.78 is 22.9. The molecule has 1 aromatic rings. The van der Waals surface area contributed by atoms with E-state index in [-0.39, 0.29) is 27.4 Å². The highest BCUT2D eigenvalue weighted by Gasteiger charge is 2.27. The van der Waals surface area contributed by atoms with E-state index in [4.69, 9.17) is 5.26 Å². The Morgan fingerprint density at radius 3 is 2.63 bits per heavy atom. The Morgan fingerprint density at radius 1 is 1.63 bits per heavy atom. The summed E-state index contributed by atoms with van der Waals surface area (Å²) in [6.07, 6.45) is 1.20. The van der Waals surface area contributed by atoms with E-state index in [1.807, 2.05) is 6.07 Å². The normalized spacial score (nSPS) is 12.7. The van der Waals surface area contributed by atoms with Crippen molar-refractivity contribution in [1.29, 1.82) is 5.26 Å². The standard InChI is InChI=1S/C10H13N3O4S2/c1-7(4-5-11)12(2)10-8(13(14)15)6-9(18-10)19(3,16)17/h6-7H,4H2,1-3H3/t7-/m1/s1. The van der Waals surface area contributed by atoms with E-state index < -0.39 is 14.8 Å². The molecule has 1 atom stereocenters. The van der Waals surface area contributed by atoms with Crippen LogP contribution in [0.3, 0.4) is 0 Å². The molecule has 0 unspecified atom stereocenters. The van der Waals surface area contributed by atoms with Gasteiger partial charge < -0.3 is 4.90 Å². The van der Waals surface area contributed by atoms with Crippen LogP contribution in [0.4, 0.5) is 10.7 Å². The molecule has 0 bridgehead atoms. The molecule has 9 heteroatoms. The topological polar surface area (TPSA) is 104 Å². The van der Waals surface area contributed by atoms with E-state index in [1.165, 1.54) is 0 Å². The predicted octanol–water partition coefficient (Wildman–Crippen LogP) is 1.80. The first kappa shape index (κ1) is 15.4. The molecular formula is C10H13N3O4S2. The third-order valence-corrected chi connectivity index (χ3v) is 5.62. The molecule has 1 rings (SSSR count). The number of rotatable bonds is 5. The van der Waals surface area contributed by atoms with Crippen LogP contribution in [0, 0.1) is 21.4 Å². The molecule has 104 valence electrons. The van der Waals surface area contributed by atoms with Crippen LogP contribution < -0.4 is 4.90 Å². The molecule has 0 aliphatic carbocycles. The van der Waals surface area contributed by atoms with Gasteiger partial charge in [0.2, 0.25) is 0 Å². The Morgan fingerprint density at radius 2 is 2.21 bits per heavy atom. The molecule has 0 aliphatic rings. The molecule has 0 aliphatic heterocycles. The number of hydrogen-bond acceptors (Lipinski definition) is 7. The monoisotopic (exact) mass is 303 g/mol. The summed E-state index contributed by atoms with van der Waals surface area (Å²) in [7, 11) is -1.88. The first-order valence-electron chi connectivity index (χ1n) is 5.26. The van der Waals surface area contributed by atoms with Crippen molar-refractivity contribution in [1.82, 2.24) is 0 Å². The van der Waals surface area contributed by atoms with Crippen molar-refractivity contribution in [3.05, 3.63) is 16.2 Å². The van der Waals surface area contributed by atoms with E-state index in [2.05, 4.69) is 0 Å². The fourth-order valence-electron chi connectivity index (χ4n) is 1.39. The molecule has 0 N–H and O–H groups in total. The summed E-state index contributed by atoms with van der Waals surface area (Å²) in [5.41, 5.74) is -0.252. The molecular weight excluding hydrogens is 290 g/mol. The minimum absolute atomic E-state index is 0.0507. The van der Waals surface area contributed by atoms with E-state index in [9.17, 15) is 18.5 Å². The summed E-state index contributed by atoms with van der Waals surface area (Å²) >= 11 is 0.844. The Hall–Kier alpha value is -1.66. The van der Waals surface area contributed by atoms with Gasteiger partial charge in [0.05, 0.1) is 17.4 Å². The van der Waals surface area contributed by atoms with E-state index in [0.29, 0.717) is 0 Å². The fourth-order valence-corrected chi connectivity index (χ4v) is 3.48. The number of nitriles is 1. The number of thiophene rings is 1. The average Bonchev–Trinajstić information content (AvgIpc) is 2.72. The van der Waals surface area contributed by atoms with Gasteiger partial charge in [0.25, 0.3) is 0 Å². The first-order valence-corrected chi connectivity index (χ1v) is 7.97. The zero-order chi connectivity index (χ0) is 14.8. The summed E-state index contributed by atoms with van der Waals surface area (Å²) in [4.78, 5) is 11.9. The lowest BCUT2D eigenvalue weighted by atomic mass is 10.2. The number of hydrogen-bond donors (Lipinski definition) is 0. The van der Waals surface area contributed by atoms with Crippen molar-refractivity contribution in [2.45, 2.75) is 23.6 Å².